The minimum absolute atomic E-state index is 0.309. The number of esters is 1. The molecule has 0 aromatic heterocycles. The minimum Gasteiger partial charge on any atom is -0.463 e. The molecule has 24 heavy (non-hydrogen) atoms. The van der Waals surface area contributed by atoms with Crippen LogP contribution in [0.5, 0.6) is 0 Å². The van der Waals surface area contributed by atoms with E-state index in [1.54, 1.807) is 19.1 Å². The summed E-state index contributed by atoms with van der Waals surface area (Å²) >= 11 is 5.92. The van der Waals surface area contributed by atoms with Crippen LogP contribution in [0, 0.1) is 0 Å². The van der Waals surface area contributed by atoms with E-state index in [9.17, 15) is 4.79 Å². The zero-order valence-electron chi connectivity index (χ0n) is 13.1. The van der Waals surface area contributed by atoms with E-state index in [4.69, 9.17) is 21.1 Å². The molecule has 0 fully saturated rings. The number of hydrogen-bond donors (Lipinski definition) is 0. The lowest BCUT2D eigenvalue weighted by molar-refractivity contribution is -0.137. The van der Waals surface area contributed by atoms with E-state index >= 15 is 0 Å². The van der Waals surface area contributed by atoms with Crippen molar-refractivity contribution in [2.45, 2.75) is 13.0 Å². The molecule has 1 atom stereocenters. The fourth-order valence-electron chi connectivity index (χ4n) is 2.38. The van der Waals surface area contributed by atoms with Crippen molar-refractivity contribution in [1.82, 2.24) is 0 Å². The fraction of sp³-hybridized carbons (Fsp3) is 0.158. The zero-order chi connectivity index (χ0) is 16.9. The third kappa shape index (κ3) is 3.66. The second-order valence-corrected chi connectivity index (χ2v) is 5.59. The fourth-order valence-corrected chi connectivity index (χ4v) is 2.51. The molecular formula is C19H16ClNO3. The van der Waals surface area contributed by atoms with Gasteiger partial charge in [0.05, 0.1) is 12.7 Å². The van der Waals surface area contributed by atoms with Gasteiger partial charge in [-0.3, -0.25) is 0 Å². The summed E-state index contributed by atoms with van der Waals surface area (Å²) in [5, 5.41) is 0.638. The van der Waals surface area contributed by atoms with Crippen molar-refractivity contribution in [1.29, 1.82) is 0 Å². The lowest BCUT2D eigenvalue weighted by Crippen LogP contribution is -2.06. The first-order valence-electron chi connectivity index (χ1n) is 7.62. The van der Waals surface area contributed by atoms with E-state index in [1.807, 2.05) is 42.5 Å². The molecule has 0 spiro atoms. The molecule has 2 aromatic rings. The number of hydrogen-bond acceptors (Lipinski definition) is 4. The highest BCUT2D eigenvalue weighted by molar-refractivity contribution is 6.30. The van der Waals surface area contributed by atoms with Crippen molar-refractivity contribution >= 4 is 23.5 Å². The van der Waals surface area contributed by atoms with Crippen LogP contribution in [0.2, 0.25) is 5.02 Å². The van der Waals surface area contributed by atoms with Gasteiger partial charge in [-0.05, 0) is 36.8 Å². The Morgan fingerprint density at radius 1 is 1.21 bits per heavy atom. The number of halogens is 1. The first-order valence-corrected chi connectivity index (χ1v) is 8.00. The van der Waals surface area contributed by atoms with Crippen LogP contribution < -0.4 is 0 Å². The summed E-state index contributed by atoms with van der Waals surface area (Å²) in [6.07, 6.45) is 1.35. The molecule has 0 amide bonds. The van der Waals surface area contributed by atoms with Gasteiger partial charge in [-0.25, -0.2) is 9.79 Å². The second-order valence-electron chi connectivity index (χ2n) is 5.16. The largest absolute Gasteiger partial charge is 0.463 e. The maximum absolute atomic E-state index is 11.8. The molecule has 0 saturated carbocycles. The highest BCUT2D eigenvalue weighted by Gasteiger charge is 2.28. The molecule has 0 radical (unpaired) electrons. The Labute approximate surface area is 145 Å². The van der Waals surface area contributed by atoms with Crippen molar-refractivity contribution in [2.75, 3.05) is 6.61 Å². The molecule has 0 saturated heterocycles. The Bertz CT molecular complexity index is 782. The van der Waals surface area contributed by atoms with Crippen molar-refractivity contribution in [2.24, 2.45) is 4.99 Å². The van der Waals surface area contributed by atoms with Gasteiger partial charge in [-0.2, -0.15) is 0 Å². The maximum atomic E-state index is 11.8. The number of carbonyl (C=O) groups is 1. The molecule has 0 N–H and O–H groups in total. The Morgan fingerprint density at radius 3 is 2.58 bits per heavy atom. The number of nitrogens with zero attached hydrogens (tertiary/aromatic N) is 1. The van der Waals surface area contributed by atoms with Gasteiger partial charge in [0.1, 0.15) is 11.8 Å². The van der Waals surface area contributed by atoms with E-state index < -0.39 is 5.97 Å². The third-order valence-corrected chi connectivity index (χ3v) is 3.74. The number of rotatable bonds is 4. The Hall–Kier alpha value is -2.59. The summed E-state index contributed by atoms with van der Waals surface area (Å²) < 4.78 is 10.8. The zero-order valence-corrected chi connectivity index (χ0v) is 13.9. The van der Waals surface area contributed by atoms with Crippen LogP contribution in [0.25, 0.3) is 0 Å². The lowest BCUT2D eigenvalue weighted by atomic mass is 10.1. The standard InChI is InChI=1S/C19H16ClNO3/c1-2-23-17(22)12-16-18(13-6-4-3-5-7-13)21-19(24-16)14-8-10-15(20)11-9-14/h3-12,18H,2H2,1H3/b16-12+. The molecule has 5 heteroatoms. The SMILES string of the molecule is CCOC(=O)/C=C1/OC(c2ccc(Cl)cc2)=NC1c1ccccc1. The topological polar surface area (TPSA) is 47.9 Å². The Morgan fingerprint density at radius 2 is 1.92 bits per heavy atom. The van der Waals surface area contributed by atoms with E-state index in [1.165, 1.54) is 6.08 Å². The molecule has 122 valence electrons. The molecule has 3 rings (SSSR count). The van der Waals surface area contributed by atoms with Crippen molar-refractivity contribution in [3.63, 3.8) is 0 Å². The van der Waals surface area contributed by atoms with Crippen LogP contribution in [-0.2, 0) is 14.3 Å². The predicted molar refractivity (Wildman–Crippen MR) is 93.0 cm³/mol. The van der Waals surface area contributed by atoms with Crippen LogP contribution in [0.1, 0.15) is 24.1 Å². The summed E-state index contributed by atoms with van der Waals surface area (Å²) in [7, 11) is 0. The molecular weight excluding hydrogens is 326 g/mol. The number of ether oxygens (including phenoxy) is 2. The van der Waals surface area contributed by atoms with Gasteiger partial charge in [0.2, 0.25) is 5.90 Å². The van der Waals surface area contributed by atoms with Crippen LogP contribution in [0.4, 0.5) is 0 Å². The first kappa shape index (κ1) is 16.3. The molecule has 2 aromatic carbocycles. The second kappa shape index (κ2) is 7.32. The van der Waals surface area contributed by atoms with Gasteiger partial charge < -0.3 is 9.47 Å². The average molecular weight is 342 g/mol. The third-order valence-electron chi connectivity index (χ3n) is 3.48. The van der Waals surface area contributed by atoms with Gasteiger partial charge >= 0.3 is 5.97 Å². The summed E-state index contributed by atoms with van der Waals surface area (Å²) in [6.45, 7) is 2.07. The van der Waals surface area contributed by atoms with E-state index in [-0.39, 0.29) is 6.04 Å². The first-order chi connectivity index (χ1) is 11.7. The van der Waals surface area contributed by atoms with Gasteiger partial charge in [0, 0.05) is 10.6 Å². The van der Waals surface area contributed by atoms with Crippen molar-refractivity contribution in [3.05, 3.63) is 82.6 Å². The number of benzene rings is 2. The van der Waals surface area contributed by atoms with Crippen LogP contribution in [0.3, 0.4) is 0 Å². The number of aliphatic imine (C=N–C) groups is 1. The summed E-state index contributed by atoms with van der Waals surface area (Å²) in [4.78, 5) is 16.4. The van der Waals surface area contributed by atoms with Crippen molar-refractivity contribution in [3.8, 4) is 0 Å². The van der Waals surface area contributed by atoms with E-state index in [2.05, 4.69) is 4.99 Å². The normalized spacial score (nSPS) is 18.2. The summed E-state index contributed by atoms with van der Waals surface area (Å²) in [5.74, 6) is 0.460. The molecule has 1 aliphatic heterocycles. The molecule has 0 bridgehead atoms. The molecule has 1 unspecified atom stereocenters. The predicted octanol–water partition coefficient (Wildman–Crippen LogP) is 4.31. The summed E-state index contributed by atoms with van der Waals surface area (Å²) in [6, 6.07) is 16.5. The Kier molecular flexibility index (Phi) is 4.96. The highest BCUT2D eigenvalue weighted by atomic mass is 35.5. The maximum Gasteiger partial charge on any atom is 0.334 e. The van der Waals surface area contributed by atoms with E-state index in [0.717, 1.165) is 11.1 Å². The number of carbonyl (C=O) groups excluding carboxylic acids is 1. The van der Waals surface area contributed by atoms with Crippen LogP contribution >= 0.6 is 11.6 Å². The van der Waals surface area contributed by atoms with Gasteiger partial charge in [-0.1, -0.05) is 41.9 Å². The highest BCUT2D eigenvalue weighted by Crippen LogP contribution is 2.34. The monoisotopic (exact) mass is 341 g/mol. The molecule has 1 heterocycles. The molecule has 4 nitrogen and oxygen atoms in total. The van der Waals surface area contributed by atoms with Gasteiger partial charge in [0.15, 0.2) is 0 Å². The lowest BCUT2D eigenvalue weighted by Gasteiger charge is -2.08. The molecule has 0 aliphatic carbocycles. The minimum atomic E-state index is -0.444. The van der Waals surface area contributed by atoms with Gasteiger partial charge in [0.25, 0.3) is 0 Å². The molecule has 1 aliphatic rings. The van der Waals surface area contributed by atoms with Crippen LogP contribution in [0.15, 0.2) is 71.4 Å². The average Bonchev–Trinajstić information content (AvgIpc) is 3.00. The summed E-state index contributed by atoms with van der Waals surface area (Å²) in [5.41, 5.74) is 1.74. The van der Waals surface area contributed by atoms with E-state index in [0.29, 0.717) is 23.3 Å². The quantitative estimate of drug-likeness (QED) is 0.615. The smallest absolute Gasteiger partial charge is 0.334 e. The van der Waals surface area contributed by atoms with Crippen molar-refractivity contribution < 1.29 is 14.3 Å². The van der Waals surface area contributed by atoms with Crippen LogP contribution in [-0.4, -0.2) is 18.5 Å². The van der Waals surface area contributed by atoms with Gasteiger partial charge in [-0.15, -0.1) is 0 Å². The Balaban J connectivity index is 1.95.